The van der Waals surface area contributed by atoms with E-state index in [2.05, 4.69) is 12.2 Å². The lowest BCUT2D eigenvalue weighted by atomic mass is 10.2. The Morgan fingerprint density at radius 3 is 2.87 bits per heavy atom. The van der Waals surface area contributed by atoms with E-state index in [0.29, 0.717) is 5.56 Å². The number of nitrogens with one attached hydrogen (secondary N) is 1. The number of nitriles is 1. The molecule has 80 valence electrons. The minimum absolute atomic E-state index is 0.367. The second-order valence-corrected chi connectivity index (χ2v) is 3.44. The van der Waals surface area contributed by atoms with Gasteiger partial charge in [0.1, 0.15) is 11.9 Å². The van der Waals surface area contributed by atoms with Crippen molar-refractivity contribution in [2.45, 2.75) is 26.2 Å². The van der Waals surface area contributed by atoms with E-state index < -0.39 is 0 Å². The minimum atomic E-state index is -0.370. The third kappa shape index (κ3) is 3.59. The fourth-order valence-electron chi connectivity index (χ4n) is 1.36. The Hall–Kier alpha value is -1.56. The Morgan fingerprint density at radius 2 is 2.20 bits per heavy atom. The number of hydrogen-bond acceptors (Lipinski definition) is 2. The fourth-order valence-corrected chi connectivity index (χ4v) is 1.36. The van der Waals surface area contributed by atoms with Crippen molar-refractivity contribution >= 4 is 5.69 Å². The van der Waals surface area contributed by atoms with Crippen molar-refractivity contribution < 1.29 is 4.39 Å². The van der Waals surface area contributed by atoms with Crippen LogP contribution in [0.1, 0.15) is 31.7 Å². The van der Waals surface area contributed by atoms with Crippen molar-refractivity contribution in [1.29, 1.82) is 5.26 Å². The zero-order valence-electron chi connectivity index (χ0n) is 8.89. The van der Waals surface area contributed by atoms with Crippen LogP contribution < -0.4 is 5.32 Å². The molecule has 0 aliphatic heterocycles. The monoisotopic (exact) mass is 206 g/mol. The van der Waals surface area contributed by atoms with Gasteiger partial charge in [0.2, 0.25) is 0 Å². The average Bonchev–Trinajstić information content (AvgIpc) is 2.26. The highest BCUT2D eigenvalue weighted by Gasteiger charge is 2.02. The highest BCUT2D eigenvalue weighted by Crippen LogP contribution is 2.15. The molecule has 15 heavy (non-hydrogen) atoms. The summed E-state index contributed by atoms with van der Waals surface area (Å²) in [6.45, 7) is 2.97. The summed E-state index contributed by atoms with van der Waals surface area (Å²) in [6.07, 6.45) is 3.39. The van der Waals surface area contributed by atoms with Gasteiger partial charge < -0.3 is 5.32 Å². The molecule has 0 atom stereocenters. The Balaban J connectivity index is 2.57. The Kier molecular flexibility index (Phi) is 4.62. The van der Waals surface area contributed by atoms with Crippen molar-refractivity contribution in [3.05, 3.63) is 29.6 Å². The molecule has 0 heterocycles. The van der Waals surface area contributed by atoms with E-state index in [1.165, 1.54) is 12.1 Å². The summed E-state index contributed by atoms with van der Waals surface area (Å²) in [5.74, 6) is -0.370. The highest BCUT2D eigenvalue weighted by atomic mass is 19.1. The normalized spacial score (nSPS) is 9.67. The minimum Gasteiger partial charge on any atom is -0.384 e. The van der Waals surface area contributed by atoms with Gasteiger partial charge in [-0.2, -0.15) is 5.26 Å². The van der Waals surface area contributed by atoms with Crippen molar-refractivity contribution in [2.75, 3.05) is 11.9 Å². The predicted molar refractivity (Wildman–Crippen MR) is 59.1 cm³/mol. The van der Waals surface area contributed by atoms with Crippen molar-refractivity contribution in [1.82, 2.24) is 0 Å². The van der Waals surface area contributed by atoms with Crippen LogP contribution in [0.5, 0.6) is 0 Å². The van der Waals surface area contributed by atoms with Crippen LogP contribution in [0.3, 0.4) is 0 Å². The third-order valence-electron chi connectivity index (χ3n) is 2.20. The quantitative estimate of drug-likeness (QED) is 0.750. The van der Waals surface area contributed by atoms with E-state index in [9.17, 15) is 4.39 Å². The molecule has 0 saturated heterocycles. The molecular weight excluding hydrogens is 191 g/mol. The zero-order chi connectivity index (χ0) is 11.1. The number of hydrogen-bond donors (Lipinski definition) is 1. The number of nitrogens with zero attached hydrogens (tertiary/aromatic N) is 1. The third-order valence-corrected chi connectivity index (χ3v) is 2.20. The van der Waals surface area contributed by atoms with Gasteiger partial charge in [-0.15, -0.1) is 0 Å². The summed E-state index contributed by atoms with van der Waals surface area (Å²) in [5.41, 5.74) is 1.08. The predicted octanol–water partition coefficient (Wildman–Crippen LogP) is 3.30. The first-order valence-corrected chi connectivity index (χ1v) is 5.21. The first-order valence-electron chi connectivity index (χ1n) is 5.21. The molecule has 0 unspecified atom stereocenters. The second kappa shape index (κ2) is 6.02. The van der Waals surface area contributed by atoms with Crippen molar-refractivity contribution in [3.63, 3.8) is 0 Å². The lowest BCUT2D eigenvalue weighted by Gasteiger charge is -2.07. The van der Waals surface area contributed by atoms with Crippen LogP contribution in [0.4, 0.5) is 10.1 Å². The first kappa shape index (κ1) is 11.5. The summed E-state index contributed by atoms with van der Waals surface area (Å²) in [6, 6.07) is 6.20. The van der Waals surface area contributed by atoms with Gasteiger partial charge in [0.05, 0.1) is 11.3 Å². The number of benzene rings is 1. The smallest absolute Gasteiger partial charge is 0.124 e. The largest absolute Gasteiger partial charge is 0.384 e. The van der Waals surface area contributed by atoms with Crippen LogP contribution in [0, 0.1) is 17.1 Å². The maximum atomic E-state index is 12.8. The van der Waals surface area contributed by atoms with Crippen molar-refractivity contribution in [3.8, 4) is 6.07 Å². The Bertz CT molecular complexity index is 355. The molecule has 1 aromatic carbocycles. The zero-order valence-corrected chi connectivity index (χ0v) is 8.89. The van der Waals surface area contributed by atoms with E-state index in [1.54, 1.807) is 6.07 Å². The molecule has 0 bridgehead atoms. The SMILES string of the molecule is CCCCCNc1ccc(F)cc1C#N. The summed E-state index contributed by atoms with van der Waals surface area (Å²) in [7, 11) is 0. The molecular formula is C12H15FN2. The van der Waals surface area contributed by atoms with Gasteiger partial charge >= 0.3 is 0 Å². The molecule has 0 radical (unpaired) electrons. The van der Waals surface area contributed by atoms with Crippen LogP contribution >= 0.6 is 0 Å². The number of rotatable bonds is 5. The maximum Gasteiger partial charge on any atom is 0.124 e. The highest BCUT2D eigenvalue weighted by molar-refractivity contribution is 5.57. The van der Waals surface area contributed by atoms with Gasteiger partial charge in [-0.25, -0.2) is 4.39 Å². The van der Waals surface area contributed by atoms with Crippen LogP contribution in [-0.2, 0) is 0 Å². The number of halogens is 1. The molecule has 3 heteroatoms. The molecule has 1 rings (SSSR count). The lowest BCUT2D eigenvalue weighted by molar-refractivity contribution is 0.627. The molecule has 0 saturated carbocycles. The molecule has 0 aliphatic carbocycles. The van der Waals surface area contributed by atoms with Crippen LogP contribution in [0.2, 0.25) is 0 Å². The average molecular weight is 206 g/mol. The fraction of sp³-hybridized carbons (Fsp3) is 0.417. The van der Waals surface area contributed by atoms with Crippen LogP contribution in [0.25, 0.3) is 0 Å². The van der Waals surface area contributed by atoms with Gasteiger partial charge in [-0.05, 0) is 24.6 Å². The van der Waals surface area contributed by atoms with E-state index in [0.717, 1.165) is 31.5 Å². The van der Waals surface area contributed by atoms with E-state index in [4.69, 9.17) is 5.26 Å². The molecule has 0 aliphatic rings. The Labute approximate surface area is 89.7 Å². The molecule has 2 nitrogen and oxygen atoms in total. The molecule has 0 fully saturated rings. The number of anilines is 1. The lowest BCUT2D eigenvalue weighted by Crippen LogP contribution is -2.03. The van der Waals surface area contributed by atoms with Gasteiger partial charge in [-0.3, -0.25) is 0 Å². The van der Waals surface area contributed by atoms with Gasteiger partial charge in [0, 0.05) is 6.54 Å². The summed E-state index contributed by atoms with van der Waals surface area (Å²) in [5, 5.41) is 11.9. The van der Waals surface area contributed by atoms with Gasteiger partial charge in [-0.1, -0.05) is 19.8 Å². The van der Waals surface area contributed by atoms with Crippen LogP contribution in [-0.4, -0.2) is 6.54 Å². The van der Waals surface area contributed by atoms with Crippen LogP contribution in [0.15, 0.2) is 18.2 Å². The molecule has 1 aromatic rings. The second-order valence-electron chi connectivity index (χ2n) is 3.44. The summed E-state index contributed by atoms with van der Waals surface area (Å²) in [4.78, 5) is 0. The molecule has 1 N–H and O–H groups in total. The van der Waals surface area contributed by atoms with Gasteiger partial charge in [0.25, 0.3) is 0 Å². The van der Waals surface area contributed by atoms with Gasteiger partial charge in [0.15, 0.2) is 0 Å². The summed E-state index contributed by atoms with van der Waals surface area (Å²) < 4.78 is 12.8. The summed E-state index contributed by atoms with van der Waals surface area (Å²) >= 11 is 0. The van der Waals surface area contributed by atoms with E-state index in [1.807, 2.05) is 6.07 Å². The topological polar surface area (TPSA) is 35.8 Å². The molecule has 0 amide bonds. The van der Waals surface area contributed by atoms with Crippen molar-refractivity contribution in [2.24, 2.45) is 0 Å². The molecule has 0 aromatic heterocycles. The van der Waals surface area contributed by atoms with E-state index >= 15 is 0 Å². The maximum absolute atomic E-state index is 12.8. The standard InChI is InChI=1S/C12H15FN2/c1-2-3-4-7-15-12-6-5-11(13)8-10(12)9-14/h5-6,8,15H,2-4,7H2,1H3. The first-order chi connectivity index (χ1) is 7.27. The molecule has 0 spiro atoms. The number of unbranched alkanes of at least 4 members (excludes halogenated alkanes) is 2. The Morgan fingerprint density at radius 1 is 1.40 bits per heavy atom. The van der Waals surface area contributed by atoms with E-state index in [-0.39, 0.29) is 5.82 Å².